The Kier molecular flexibility index (Phi) is 6.20. The van der Waals surface area contributed by atoms with Crippen molar-refractivity contribution in [1.82, 2.24) is 10.6 Å². The van der Waals surface area contributed by atoms with Crippen LogP contribution in [0.15, 0.2) is 30.3 Å². The number of benzene rings is 1. The summed E-state index contributed by atoms with van der Waals surface area (Å²) in [6, 6.07) is 9.46. The number of piperidine rings is 1. The Hall–Kier alpha value is -2.25. The van der Waals surface area contributed by atoms with Crippen LogP contribution in [0, 0.1) is 23.2 Å². The maximum atomic E-state index is 13.2. The second kappa shape index (κ2) is 8.86. The molecule has 1 aliphatic carbocycles. The molecule has 1 saturated carbocycles. The van der Waals surface area contributed by atoms with Crippen LogP contribution in [-0.2, 0) is 25.7 Å². The molecule has 7 heteroatoms. The lowest BCUT2D eigenvalue weighted by Gasteiger charge is -2.27. The minimum absolute atomic E-state index is 0.0488. The minimum atomic E-state index is -0.335. The first-order chi connectivity index (χ1) is 14.5. The van der Waals surface area contributed by atoms with Gasteiger partial charge >= 0.3 is 0 Å². The van der Waals surface area contributed by atoms with Crippen molar-refractivity contribution in [2.24, 2.45) is 28.9 Å². The average molecular weight is 414 g/mol. The Balaban J connectivity index is 1.40. The van der Waals surface area contributed by atoms with Gasteiger partial charge in [0.25, 0.3) is 0 Å². The van der Waals surface area contributed by atoms with Crippen LogP contribution in [0.4, 0.5) is 0 Å². The number of nitrogens with one attached hydrogen (secondary N) is 2. The molecular formula is C23H31N3O4. The number of carbonyl (C=O) groups is 3. The van der Waals surface area contributed by atoms with Crippen LogP contribution in [-0.4, -0.2) is 43.3 Å². The number of nitrogens with two attached hydrogens (primary N) is 1. The molecular weight excluding hydrogens is 382 g/mol. The van der Waals surface area contributed by atoms with E-state index in [4.69, 9.17) is 10.5 Å². The summed E-state index contributed by atoms with van der Waals surface area (Å²) < 4.78 is 5.73. The zero-order chi connectivity index (χ0) is 21.1. The zero-order valence-corrected chi connectivity index (χ0v) is 17.3. The molecule has 2 amide bonds. The fraction of sp³-hybridized carbons (Fsp3) is 0.609. The highest BCUT2D eigenvalue weighted by atomic mass is 16.5. The predicted molar refractivity (Wildman–Crippen MR) is 111 cm³/mol. The first kappa shape index (κ1) is 21.0. The Labute approximate surface area is 177 Å². The van der Waals surface area contributed by atoms with Crippen LogP contribution in [0.5, 0.6) is 0 Å². The molecule has 0 aromatic heterocycles. The van der Waals surface area contributed by atoms with Crippen molar-refractivity contribution in [3.63, 3.8) is 0 Å². The van der Waals surface area contributed by atoms with Crippen LogP contribution in [0.2, 0.25) is 0 Å². The van der Waals surface area contributed by atoms with Crippen LogP contribution >= 0.6 is 0 Å². The van der Waals surface area contributed by atoms with Crippen molar-refractivity contribution in [3.8, 4) is 0 Å². The van der Waals surface area contributed by atoms with E-state index in [1.54, 1.807) is 0 Å². The number of primary amides is 1. The van der Waals surface area contributed by atoms with Crippen molar-refractivity contribution >= 4 is 17.6 Å². The zero-order valence-electron chi connectivity index (χ0n) is 17.3. The molecule has 4 N–H and O–H groups in total. The van der Waals surface area contributed by atoms with Gasteiger partial charge in [0.1, 0.15) is 6.61 Å². The summed E-state index contributed by atoms with van der Waals surface area (Å²) in [6.07, 6.45) is 3.91. The number of Topliss-reactive ketones (excluding diaryl/α,β-unsaturated/α-hetero) is 1. The molecule has 2 aliphatic heterocycles. The largest absolute Gasteiger partial charge is 0.369 e. The topological polar surface area (TPSA) is 111 Å². The van der Waals surface area contributed by atoms with Gasteiger partial charge in [0, 0.05) is 24.9 Å². The summed E-state index contributed by atoms with van der Waals surface area (Å²) in [6.45, 7) is 1.86. The molecule has 1 aromatic rings. The second-order valence-electron chi connectivity index (χ2n) is 9.13. The van der Waals surface area contributed by atoms with Crippen molar-refractivity contribution in [2.75, 3.05) is 19.7 Å². The fourth-order valence-electron chi connectivity index (χ4n) is 5.30. The lowest BCUT2D eigenvalue weighted by atomic mass is 9.81. The van der Waals surface area contributed by atoms with Gasteiger partial charge in [0.05, 0.1) is 12.6 Å². The summed E-state index contributed by atoms with van der Waals surface area (Å²) in [5, 5.41) is 6.14. The quantitative estimate of drug-likeness (QED) is 0.563. The summed E-state index contributed by atoms with van der Waals surface area (Å²) in [7, 11) is 0. The number of ether oxygens (including phenoxy) is 1. The van der Waals surface area contributed by atoms with Gasteiger partial charge < -0.3 is 21.1 Å². The number of hydrogen-bond donors (Lipinski definition) is 3. The van der Waals surface area contributed by atoms with E-state index in [0.717, 1.165) is 24.8 Å². The van der Waals surface area contributed by atoms with Crippen LogP contribution < -0.4 is 16.4 Å². The lowest BCUT2D eigenvalue weighted by Crippen LogP contribution is -2.39. The average Bonchev–Trinajstić information content (AvgIpc) is 3.25. The monoisotopic (exact) mass is 413 g/mol. The summed E-state index contributed by atoms with van der Waals surface area (Å²) >= 11 is 0. The molecule has 1 aromatic carbocycles. The van der Waals surface area contributed by atoms with Crippen LogP contribution in [0.25, 0.3) is 0 Å². The summed E-state index contributed by atoms with van der Waals surface area (Å²) in [4.78, 5) is 37.1. The molecule has 2 saturated heterocycles. The van der Waals surface area contributed by atoms with Gasteiger partial charge in [0.2, 0.25) is 11.8 Å². The van der Waals surface area contributed by atoms with E-state index in [1.165, 1.54) is 0 Å². The maximum Gasteiger partial charge on any atom is 0.234 e. The molecule has 5 atom stereocenters. The van der Waals surface area contributed by atoms with E-state index >= 15 is 0 Å². The fourth-order valence-corrected chi connectivity index (χ4v) is 5.30. The SMILES string of the molecule is NC(=O)C1CC2(CN1)CC2[C@H](C[C@@H]1CCCNC1=O)C(=O)COCc1ccccc1. The molecule has 3 unspecified atom stereocenters. The molecule has 162 valence electrons. The number of rotatable bonds is 9. The summed E-state index contributed by atoms with van der Waals surface area (Å²) in [5.74, 6) is -0.383. The van der Waals surface area contributed by atoms with E-state index in [2.05, 4.69) is 10.6 Å². The van der Waals surface area contributed by atoms with Crippen molar-refractivity contribution in [1.29, 1.82) is 0 Å². The molecule has 3 aliphatic rings. The number of ketones is 1. The third kappa shape index (κ3) is 4.57. The molecule has 30 heavy (non-hydrogen) atoms. The Morgan fingerprint density at radius 1 is 1.23 bits per heavy atom. The highest BCUT2D eigenvalue weighted by Crippen LogP contribution is 2.62. The molecule has 4 rings (SSSR count). The lowest BCUT2D eigenvalue weighted by molar-refractivity contribution is -0.132. The molecule has 7 nitrogen and oxygen atoms in total. The van der Waals surface area contributed by atoms with E-state index in [-0.39, 0.29) is 53.4 Å². The van der Waals surface area contributed by atoms with E-state index in [1.807, 2.05) is 30.3 Å². The Bertz CT molecular complexity index is 799. The minimum Gasteiger partial charge on any atom is -0.369 e. The third-order valence-electron chi connectivity index (χ3n) is 7.10. The van der Waals surface area contributed by atoms with Crippen LogP contribution in [0.1, 0.15) is 37.7 Å². The van der Waals surface area contributed by atoms with Gasteiger partial charge in [0.15, 0.2) is 5.78 Å². The van der Waals surface area contributed by atoms with E-state index < -0.39 is 0 Å². The van der Waals surface area contributed by atoms with Gasteiger partial charge in [-0.15, -0.1) is 0 Å². The van der Waals surface area contributed by atoms with E-state index in [0.29, 0.717) is 32.5 Å². The van der Waals surface area contributed by atoms with E-state index in [9.17, 15) is 14.4 Å². The first-order valence-corrected chi connectivity index (χ1v) is 10.9. The first-order valence-electron chi connectivity index (χ1n) is 10.9. The van der Waals surface area contributed by atoms with Crippen molar-refractivity contribution in [3.05, 3.63) is 35.9 Å². The highest BCUT2D eigenvalue weighted by molar-refractivity contribution is 5.85. The molecule has 3 fully saturated rings. The standard InChI is InChI=1S/C23H31N3O4/c24-21(28)19-11-23(14-26-19)10-18(23)17(9-16-7-4-8-25-22(16)29)20(27)13-30-12-15-5-2-1-3-6-15/h1-3,5-6,16-19,26H,4,7-14H2,(H2,24,28)(H,25,29)/t16-,17-,18?,19?,23?/m0/s1. The van der Waals surface area contributed by atoms with Gasteiger partial charge in [-0.3, -0.25) is 14.4 Å². The van der Waals surface area contributed by atoms with Gasteiger partial charge in [-0.2, -0.15) is 0 Å². The summed E-state index contributed by atoms with van der Waals surface area (Å²) in [5.41, 5.74) is 6.45. The van der Waals surface area contributed by atoms with Crippen molar-refractivity contribution < 1.29 is 19.1 Å². The van der Waals surface area contributed by atoms with Crippen molar-refractivity contribution in [2.45, 2.75) is 44.8 Å². The second-order valence-corrected chi connectivity index (χ2v) is 9.13. The Morgan fingerprint density at radius 3 is 2.73 bits per heavy atom. The number of carbonyl (C=O) groups excluding carboxylic acids is 3. The normalized spacial score (nSPS) is 31.3. The molecule has 0 radical (unpaired) electrons. The number of amides is 2. The number of hydrogen-bond acceptors (Lipinski definition) is 5. The van der Waals surface area contributed by atoms with Crippen LogP contribution in [0.3, 0.4) is 0 Å². The molecule has 0 bridgehead atoms. The molecule has 1 spiro atoms. The predicted octanol–water partition coefficient (Wildman–Crippen LogP) is 1.16. The maximum absolute atomic E-state index is 13.2. The molecule has 2 heterocycles. The highest BCUT2D eigenvalue weighted by Gasteiger charge is 2.62. The Morgan fingerprint density at radius 2 is 2.03 bits per heavy atom. The smallest absolute Gasteiger partial charge is 0.234 e. The van der Waals surface area contributed by atoms with Gasteiger partial charge in [-0.05, 0) is 49.0 Å². The third-order valence-corrected chi connectivity index (χ3v) is 7.10. The van der Waals surface area contributed by atoms with Gasteiger partial charge in [-0.25, -0.2) is 0 Å². The van der Waals surface area contributed by atoms with Gasteiger partial charge in [-0.1, -0.05) is 30.3 Å².